The predicted molar refractivity (Wildman–Crippen MR) is 69.0 cm³/mol. The molecule has 3 N–H and O–H groups in total. The van der Waals surface area contributed by atoms with E-state index in [-0.39, 0.29) is 12.3 Å². The van der Waals surface area contributed by atoms with Gasteiger partial charge in [-0.05, 0) is 25.1 Å². The van der Waals surface area contributed by atoms with Gasteiger partial charge < -0.3 is 20.3 Å². The molecule has 0 aliphatic rings. The van der Waals surface area contributed by atoms with E-state index in [1.54, 1.807) is 0 Å². The average molecular weight is 321 g/mol. The Labute approximate surface area is 123 Å². The summed E-state index contributed by atoms with van der Waals surface area (Å²) in [7, 11) is 0. The fourth-order valence-corrected chi connectivity index (χ4v) is 1.33. The number of aliphatic hydroxyl groups excluding tert-OH is 1. The van der Waals surface area contributed by atoms with Crippen LogP contribution in [0.1, 0.15) is 17.3 Å². The number of anilines is 1. The lowest BCUT2D eigenvalue weighted by Crippen LogP contribution is -2.46. The predicted octanol–water partition coefficient (Wildman–Crippen LogP) is 0.929. The second-order valence-corrected chi connectivity index (χ2v) is 4.46. The molecule has 6 nitrogen and oxygen atoms in total. The third kappa shape index (κ3) is 4.18. The van der Waals surface area contributed by atoms with Crippen molar-refractivity contribution >= 4 is 17.6 Å². The van der Waals surface area contributed by atoms with E-state index in [9.17, 15) is 27.9 Å². The van der Waals surface area contributed by atoms with E-state index in [2.05, 4.69) is 4.74 Å². The van der Waals surface area contributed by atoms with Crippen molar-refractivity contribution in [3.8, 4) is 0 Å². The fraction of sp³-hybridized carbons (Fsp3) is 0.385. The van der Waals surface area contributed by atoms with Crippen LogP contribution in [0.25, 0.3) is 0 Å². The molecule has 0 heterocycles. The zero-order valence-corrected chi connectivity index (χ0v) is 11.5. The molecule has 1 aromatic carbocycles. The third-order valence-corrected chi connectivity index (χ3v) is 2.66. The van der Waals surface area contributed by atoms with Crippen LogP contribution in [0, 0.1) is 5.82 Å². The van der Waals surface area contributed by atoms with Crippen molar-refractivity contribution in [3.63, 3.8) is 0 Å². The van der Waals surface area contributed by atoms with Gasteiger partial charge in [0, 0.05) is 5.69 Å². The van der Waals surface area contributed by atoms with E-state index in [1.807, 2.05) is 5.32 Å². The number of ether oxygens (including phenoxy) is 1. The van der Waals surface area contributed by atoms with E-state index >= 15 is 0 Å². The highest BCUT2D eigenvalue weighted by molar-refractivity contribution is 5.98. The highest BCUT2D eigenvalue weighted by Crippen LogP contribution is 2.20. The molecule has 1 aromatic rings. The maximum atomic E-state index is 13.7. The van der Waals surface area contributed by atoms with E-state index in [0.29, 0.717) is 6.92 Å². The first-order chi connectivity index (χ1) is 10.2. The summed E-state index contributed by atoms with van der Waals surface area (Å²) in [5.41, 5.74) is -3.61. The Morgan fingerprint density at radius 1 is 1.41 bits per heavy atom. The molecule has 1 amide bonds. The molecule has 9 heteroatoms. The van der Waals surface area contributed by atoms with Gasteiger partial charge in [0.25, 0.3) is 12.3 Å². The molecule has 0 saturated carbocycles. The number of nitrogens with one attached hydrogen (secondary N) is 1. The quantitative estimate of drug-likeness (QED) is 0.678. The van der Waals surface area contributed by atoms with Gasteiger partial charge >= 0.3 is 5.97 Å². The summed E-state index contributed by atoms with van der Waals surface area (Å²) < 4.78 is 43.2. The van der Waals surface area contributed by atoms with Gasteiger partial charge in [-0.15, -0.1) is 0 Å². The van der Waals surface area contributed by atoms with Gasteiger partial charge in [-0.2, -0.15) is 0 Å². The lowest BCUT2D eigenvalue weighted by molar-refractivity contribution is -0.148. The Morgan fingerprint density at radius 3 is 2.55 bits per heavy atom. The molecule has 22 heavy (non-hydrogen) atoms. The number of rotatable bonds is 6. The molecule has 1 rings (SSSR count). The summed E-state index contributed by atoms with van der Waals surface area (Å²) in [6.45, 7) is -0.123. The first-order valence-electron chi connectivity index (χ1n) is 6.09. The minimum atomic E-state index is -3.33. The second-order valence-electron chi connectivity index (χ2n) is 4.46. The first kappa shape index (κ1) is 17.9. The number of alkyl halides is 2. The van der Waals surface area contributed by atoms with Gasteiger partial charge in [-0.25, -0.2) is 18.0 Å². The van der Waals surface area contributed by atoms with Gasteiger partial charge in [-0.3, -0.25) is 4.79 Å². The van der Waals surface area contributed by atoms with E-state index in [0.717, 1.165) is 18.2 Å². The molecule has 1 unspecified atom stereocenters. The number of benzene rings is 1. The summed E-state index contributed by atoms with van der Waals surface area (Å²) >= 11 is 0. The SMILES string of the molecule is CC(O)(C(=O)Nc1ccc(C(=O)OCCO)c(F)c1)C(F)F. The van der Waals surface area contributed by atoms with Crippen LogP contribution in [0.4, 0.5) is 18.9 Å². The van der Waals surface area contributed by atoms with Gasteiger partial charge in [0.05, 0.1) is 12.2 Å². The Hall–Kier alpha value is -2.13. The second kappa shape index (κ2) is 7.23. The Balaban J connectivity index is 2.86. The number of carbonyl (C=O) groups excluding carboxylic acids is 2. The summed E-state index contributed by atoms with van der Waals surface area (Å²) in [5.74, 6) is -3.50. The van der Waals surface area contributed by atoms with Crippen LogP contribution in [0.3, 0.4) is 0 Å². The van der Waals surface area contributed by atoms with Gasteiger partial charge in [0.2, 0.25) is 5.60 Å². The lowest BCUT2D eigenvalue weighted by atomic mass is 10.1. The molecule has 0 fully saturated rings. The van der Waals surface area contributed by atoms with E-state index in [1.165, 1.54) is 0 Å². The van der Waals surface area contributed by atoms with Crippen LogP contribution in [0.15, 0.2) is 18.2 Å². The number of hydrogen-bond donors (Lipinski definition) is 3. The van der Waals surface area contributed by atoms with Crippen molar-refractivity contribution in [3.05, 3.63) is 29.6 Å². The molecule has 0 aliphatic heterocycles. The smallest absolute Gasteiger partial charge is 0.341 e. The topological polar surface area (TPSA) is 95.9 Å². The highest BCUT2D eigenvalue weighted by Gasteiger charge is 2.40. The first-order valence-corrected chi connectivity index (χ1v) is 6.09. The number of amides is 1. The maximum Gasteiger partial charge on any atom is 0.341 e. The van der Waals surface area contributed by atoms with Crippen molar-refractivity contribution in [1.29, 1.82) is 0 Å². The number of halogens is 3. The summed E-state index contributed by atoms with van der Waals surface area (Å²) in [6.07, 6.45) is -3.33. The molecule has 0 spiro atoms. The minimum Gasteiger partial charge on any atom is -0.460 e. The molecular formula is C13H14F3NO5. The molecule has 0 bridgehead atoms. The van der Waals surface area contributed by atoms with Crippen molar-refractivity contribution < 1.29 is 37.7 Å². The van der Waals surface area contributed by atoms with Gasteiger partial charge in [0.1, 0.15) is 12.4 Å². The number of aliphatic hydroxyl groups is 2. The van der Waals surface area contributed by atoms with Crippen LogP contribution >= 0.6 is 0 Å². The van der Waals surface area contributed by atoms with E-state index in [4.69, 9.17) is 5.11 Å². The molecule has 1 atom stereocenters. The molecule has 0 aromatic heterocycles. The van der Waals surface area contributed by atoms with Gasteiger partial charge in [-0.1, -0.05) is 0 Å². The number of esters is 1. The van der Waals surface area contributed by atoms with E-state index < -0.39 is 41.9 Å². The summed E-state index contributed by atoms with van der Waals surface area (Å²) in [5, 5.41) is 19.7. The lowest BCUT2D eigenvalue weighted by Gasteiger charge is -2.21. The van der Waals surface area contributed by atoms with Crippen LogP contribution in [0.5, 0.6) is 0 Å². The molecule has 0 radical (unpaired) electrons. The van der Waals surface area contributed by atoms with Crippen molar-refractivity contribution in [2.24, 2.45) is 0 Å². The normalized spacial score (nSPS) is 13.6. The van der Waals surface area contributed by atoms with Gasteiger partial charge in [0.15, 0.2) is 0 Å². The maximum absolute atomic E-state index is 13.7. The van der Waals surface area contributed by atoms with Crippen LogP contribution in [-0.2, 0) is 9.53 Å². The molecule has 0 aliphatic carbocycles. The largest absolute Gasteiger partial charge is 0.460 e. The Morgan fingerprint density at radius 2 is 2.05 bits per heavy atom. The zero-order chi connectivity index (χ0) is 16.9. The standard InChI is InChI=1S/C13H14F3NO5/c1-13(21,11(15)16)12(20)17-7-2-3-8(9(14)6-7)10(19)22-5-4-18/h2-3,6,11,18,21H,4-5H2,1H3,(H,17,20). The van der Waals surface area contributed by atoms with Crippen LogP contribution in [-0.4, -0.2) is 47.3 Å². The zero-order valence-electron chi connectivity index (χ0n) is 11.5. The van der Waals surface area contributed by atoms with Crippen molar-refractivity contribution in [2.75, 3.05) is 18.5 Å². The molecule has 0 saturated heterocycles. The average Bonchev–Trinajstić information content (AvgIpc) is 2.44. The highest BCUT2D eigenvalue weighted by atomic mass is 19.3. The monoisotopic (exact) mass is 321 g/mol. The summed E-state index contributed by atoms with van der Waals surface area (Å²) in [6, 6.07) is 2.77. The summed E-state index contributed by atoms with van der Waals surface area (Å²) in [4.78, 5) is 22.9. The van der Waals surface area contributed by atoms with Crippen LogP contribution in [0.2, 0.25) is 0 Å². The fourth-order valence-electron chi connectivity index (χ4n) is 1.33. The Kier molecular flexibility index (Phi) is 5.89. The molecule has 122 valence electrons. The van der Waals surface area contributed by atoms with Crippen molar-refractivity contribution in [2.45, 2.75) is 19.0 Å². The minimum absolute atomic E-state index is 0.220. The molecular weight excluding hydrogens is 307 g/mol. The van der Waals surface area contributed by atoms with Crippen molar-refractivity contribution in [1.82, 2.24) is 0 Å². The van der Waals surface area contributed by atoms with Crippen LogP contribution < -0.4 is 5.32 Å². The number of carbonyl (C=O) groups is 2. The third-order valence-electron chi connectivity index (χ3n) is 2.66. The Bertz CT molecular complexity index is 563. The number of hydrogen-bond acceptors (Lipinski definition) is 5.